The summed E-state index contributed by atoms with van der Waals surface area (Å²) in [7, 11) is -4.16. The molecule has 1 saturated carbocycles. The van der Waals surface area contributed by atoms with Gasteiger partial charge in [0.05, 0.1) is 10.6 Å². The number of amides is 2. The van der Waals surface area contributed by atoms with E-state index in [1.807, 2.05) is 44.2 Å². The molecule has 224 valence electrons. The van der Waals surface area contributed by atoms with Gasteiger partial charge in [0.15, 0.2) is 0 Å². The SMILES string of the molecule is CC[C@H](C(=O)NC1CCCCC1)N(Cc1ccccc1)C(=O)CN(c1cccc(Cl)c1C)S(=O)(=O)c1ccc(C)cc1. The van der Waals surface area contributed by atoms with Crippen molar-refractivity contribution in [3.05, 3.63) is 94.5 Å². The van der Waals surface area contributed by atoms with E-state index in [2.05, 4.69) is 5.32 Å². The fourth-order valence-electron chi connectivity index (χ4n) is 5.46. The number of rotatable bonds is 11. The van der Waals surface area contributed by atoms with Crippen molar-refractivity contribution in [1.82, 2.24) is 10.2 Å². The van der Waals surface area contributed by atoms with E-state index in [0.29, 0.717) is 22.7 Å². The summed E-state index contributed by atoms with van der Waals surface area (Å²) in [5.74, 6) is -0.680. The summed E-state index contributed by atoms with van der Waals surface area (Å²) in [6.45, 7) is 5.16. The number of benzene rings is 3. The van der Waals surface area contributed by atoms with Crippen molar-refractivity contribution in [1.29, 1.82) is 0 Å². The zero-order chi connectivity index (χ0) is 30.3. The van der Waals surface area contributed by atoms with Gasteiger partial charge < -0.3 is 10.2 Å². The molecule has 0 unspecified atom stereocenters. The van der Waals surface area contributed by atoms with Gasteiger partial charge in [-0.1, -0.05) is 91.9 Å². The number of carbonyl (C=O) groups is 2. The second kappa shape index (κ2) is 14.2. The zero-order valence-corrected chi connectivity index (χ0v) is 26.1. The number of nitrogens with zero attached hydrogens (tertiary/aromatic N) is 2. The first-order valence-corrected chi connectivity index (χ1v) is 16.4. The minimum absolute atomic E-state index is 0.0666. The lowest BCUT2D eigenvalue weighted by Gasteiger charge is -2.34. The van der Waals surface area contributed by atoms with E-state index in [4.69, 9.17) is 11.6 Å². The smallest absolute Gasteiger partial charge is 0.264 e. The normalized spacial score (nSPS) is 14.7. The van der Waals surface area contributed by atoms with Crippen molar-refractivity contribution in [2.24, 2.45) is 0 Å². The molecule has 0 aliphatic heterocycles. The lowest BCUT2D eigenvalue weighted by Crippen LogP contribution is -2.54. The predicted octanol–water partition coefficient (Wildman–Crippen LogP) is 6.41. The molecule has 1 atom stereocenters. The molecule has 0 saturated heterocycles. The molecule has 0 radical (unpaired) electrons. The Kier molecular flexibility index (Phi) is 10.7. The molecule has 2 amide bonds. The highest BCUT2D eigenvalue weighted by molar-refractivity contribution is 7.92. The largest absolute Gasteiger partial charge is 0.352 e. The maximum absolute atomic E-state index is 14.3. The fourth-order valence-corrected chi connectivity index (χ4v) is 7.10. The summed E-state index contributed by atoms with van der Waals surface area (Å²) in [5, 5.41) is 3.56. The minimum atomic E-state index is -4.16. The fraction of sp³-hybridized carbons (Fsp3) is 0.394. The van der Waals surface area contributed by atoms with Gasteiger partial charge in [0.2, 0.25) is 11.8 Å². The second-order valence-electron chi connectivity index (χ2n) is 11.0. The summed E-state index contributed by atoms with van der Waals surface area (Å²) in [6.07, 6.45) is 5.53. The Hall–Kier alpha value is -3.36. The highest BCUT2D eigenvalue weighted by Gasteiger charge is 2.35. The molecule has 1 aliphatic rings. The monoisotopic (exact) mass is 609 g/mol. The van der Waals surface area contributed by atoms with Crippen LogP contribution in [0.3, 0.4) is 0 Å². The van der Waals surface area contributed by atoms with Gasteiger partial charge in [-0.2, -0.15) is 0 Å². The maximum Gasteiger partial charge on any atom is 0.264 e. The third-order valence-electron chi connectivity index (χ3n) is 7.93. The Balaban J connectivity index is 1.72. The average molecular weight is 610 g/mol. The van der Waals surface area contributed by atoms with Gasteiger partial charge in [0.1, 0.15) is 12.6 Å². The molecule has 7 nitrogen and oxygen atoms in total. The van der Waals surface area contributed by atoms with E-state index in [-0.39, 0.29) is 23.4 Å². The van der Waals surface area contributed by atoms with E-state index >= 15 is 0 Å². The molecule has 3 aromatic carbocycles. The van der Waals surface area contributed by atoms with Gasteiger partial charge in [0.25, 0.3) is 10.0 Å². The lowest BCUT2D eigenvalue weighted by atomic mass is 9.95. The van der Waals surface area contributed by atoms with E-state index in [0.717, 1.165) is 47.5 Å². The van der Waals surface area contributed by atoms with E-state index in [9.17, 15) is 18.0 Å². The van der Waals surface area contributed by atoms with Crippen molar-refractivity contribution in [3.8, 4) is 0 Å². The first-order valence-electron chi connectivity index (χ1n) is 14.6. The van der Waals surface area contributed by atoms with Gasteiger partial charge in [-0.25, -0.2) is 8.42 Å². The highest BCUT2D eigenvalue weighted by atomic mass is 35.5. The van der Waals surface area contributed by atoms with Crippen molar-refractivity contribution < 1.29 is 18.0 Å². The van der Waals surface area contributed by atoms with Crippen LogP contribution in [-0.2, 0) is 26.2 Å². The quantitative estimate of drug-likeness (QED) is 0.272. The van der Waals surface area contributed by atoms with Crippen molar-refractivity contribution in [2.75, 3.05) is 10.8 Å². The number of hydrogen-bond donors (Lipinski definition) is 1. The molecule has 42 heavy (non-hydrogen) atoms. The van der Waals surface area contributed by atoms with Gasteiger partial charge in [-0.15, -0.1) is 0 Å². The van der Waals surface area contributed by atoms with E-state index < -0.39 is 28.5 Å². The van der Waals surface area contributed by atoms with Crippen LogP contribution in [0.25, 0.3) is 0 Å². The topological polar surface area (TPSA) is 86.8 Å². The summed E-state index contributed by atoms with van der Waals surface area (Å²) in [4.78, 5) is 29.5. The van der Waals surface area contributed by atoms with Crippen LogP contribution in [-0.4, -0.2) is 43.8 Å². The number of halogens is 1. The standard InChI is InChI=1S/C33H40ClN3O4S/c1-4-30(33(39)35-27-14-9-6-10-15-27)36(22-26-12-7-5-8-13-26)32(38)23-37(31-17-11-16-29(34)25(31)3)42(40,41)28-20-18-24(2)19-21-28/h5,7-8,11-13,16-21,27,30H,4,6,9-10,14-15,22-23H2,1-3H3,(H,35,39)/t30-/m1/s1. The molecule has 1 fully saturated rings. The number of sulfonamides is 1. The van der Waals surface area contributed by atoms with Crippen LogP contribution in [0.15, 0.2) is 77.7 Å². The van der Waals surface area contributed by atoms with Crippen molar-refractivity contribution in [3.63, 3.8) is 0 Å². The van der Waals surface area contributed by atoms with Gasteiger partial charge >= 0.3 is 0 Å². The van der Waals surface area contributed by atoms with Crippen LogP contribution in [0, 0.1) is 13.8 Å². The molecule has 1 N–H and O–H groups in total. The Bertz CT molecular complexity index is 1470. The summed E-state index contributed by atoms with van der Waals surface area (Å²) in [6, 6.07) is 20.3. The zero-order valence-electron chi connectivity index (χ0n) is 24.6. The van der Waals surface area contributed by atoms with E-state index in [1.165, 1.54) is 17.0 Å². The number of anilines is 1. The van der Waals surface area contributed by atoms with Crippen molar-refractivity contribution >= 4 is 39.1 Å². The Morgan fingerprint density at radius 1 is 0.929 bits per heavy atom. The lowest BCUT2D eigenvalue weighted by molar-refractivity contribution is -0.140. The first kappa shape index (κ1) is 31.6. The molecule has 0 bridgehead atoms. The average Bonchev–Trinajstić information content (AvgIpc) is 2.98. The maximum atomic E-state index is 14.3. The summed E-state index contributed by atoms with van der Waals surface area (Å²) in [5.41, 5.74) is 2.62. The number of hydrogen-bond acceptors (Lipinski definition) is 4. The third kappa shape index (κ3) is 7.53. The second-order valence-corrected chi connectivity index (χ2v) is 13.3. The summed E-state index contributed by atoms with van der Waals surface area (Å²) < 4.78 is 29.3. The molecule has 0 aromatic heterocycles. The molecule has 0 spiro atoms. The van der Waals surface area contributed by atoms with Crippen LogP contribution in [0.1, 0.15) is 62.1 Å². The van der Waals surface area contributed by atoms with Gasteiger partial charge in [-0.05, 0) is 68.5 Å². The van der Waals surface area contributed by atoms with Gasteiger partial charge in [-0.3, -0.25) is 13.9 Å². The molecule has 9 heteroatoms. The predicted molar refractivity (Wildman–Crippen MR) is 168 cm³/mol. The van der Waals surface area contributed by atoms with E-state index in [1.54, 1.807) is 37.3 Å². The van der Waals surface area contributed by atoms with Gasteiger partial charge in [0, 0.05) is 17.6 Å². The number of carbonyl (C=O) groups excluding carboxylic acids is 2. The molecular weight excluding hydrogens is 570 g/mol. The Morgan fingerprint density at radius 3 is 2.24 bits per heavy atom. The minimum Gasteiger partial charge on any atom is -0.352 e. The number of nitrogens with one attached hydrogen (secondary N) is 1. The van der Waals surface area contributed by atoms with Crippen LogP contribution in [0.5, 0.6) is 0 Å². The molecule has 3 aromatic rings. The van der Waals surface area contributed by atoms with Crippen LogP contribution in [0.2, 0.25) is 5.02 Å². The Labute approximate surface area is 254 Å². The summed E-state index contributed by atoms with van der Waals surface area (Å²) >= 11 is 6.42. The van der Waals surface area contributed by atoms with Crippen LogP contribution >= 0.6 is 11.6 Å². The molecule has 0 heterocycles. The third-order valence-corrected chi connectivity index (χ3v) is 10.1. The number of aryl methyl sites for hydroxylation is 1. The molecule has 1 aliphatic carbocycles. The molecular formula is C33H40ClN3O4S. The van der Waals surface area contributed by atoms with Crippen LogP contribution < -0.4 is 9.62 Å². The Morgan fingerprint density at radius 2 is 1.60 bits per heavy atom. The molecule has 4 rings (SSSR count). The van der Waals surface area contributed by atoms with Crippen LogP contribution in [0.4, 0.5) is 5.69 Å². The first-order chi connectivity index (χ1) is 20.1. The van der Waals surface area contributed by atoms with Crippen molar-refractivity contribution in [2.45, 2.75) is 82.8 Å². The highest BCUT2D eigenvalue weighted by Crippen LogP contribution is 2.31.